The molecule has 3 heterocycles. The summed E-state index contributed by atoms with van der Waals surface area (Å²) in [5.41, 5.74) is 1.97. The summed E-state index contributed by atoms with van der Waals surface area (Å²) in [6.07, 6.45) is 3.02. The molecule has 0 unspecified atom stereocenters. The fraction of sp³-hybridized carbons (Fsp3) is 0.409. The third kappa shape index (κ3) is 5.20. The van der Waals surface area contributed by atoms with Crippen LogP contribution in [0.5, 0.6) is 0 Å². The van der Waals surface area contributed by atoms with E-state index in [4.69, 9.17) is 0 Å². The molecular formula is C22H27N7O. The lowest BCUT2D eigenvalue weighted by molar-refractivity contribution is -0.122. The van der Waals surface area contributed by atoms with Crippen LogP contribution in [-0.2, 0) is 11.3 Å². The number of aryl methyl sites for hydroxylation is 2. The van der Waals surface area contributed by atoms with Gasteiger partial charge in [0.15, 0.2) is 0 Å². The van der Waals surface area contributed by atoms with Crippen molar-refractivity contribution in [2.45, 2.75) is 45.2 Å². The van der Waals surface area contributed by atoms with Gasteiger partial charge in [0.25, 0.3) is 0 Å². The number of carbonyl (C=O) groups excluding carboxylic acids is 1. The van der Waals surface area contributed by atoms with Crippen molar-refractivity contribution in [3.63, 3.8) is 0 Å². The number of tetrazole rings is 1. The molecule has 2 aromatic heterocycles. The zero-order valence-electron chi connectivity index (χ0n) is 17.2. The molecule has 3 aromatic rings. The van der Waals surface area contributed by atoms with Gasteiger partial charge in [-0.15, -0.1) is 10.2 Å². The van der Waals surface area contributed by atoms with Crippen molar-refractivity contribution in [2.24, 2.45) is 0 Å². The Morgan fingerprint density at radius 1 is 1.10 bits per heavy atom. The summed E-state index contributed by atoms with van der Waals surface area (Å²) in [7, 11) is 0. The summed E-state index contributed by atoms with van der Waals surface area (Å²) in [6.45, 7) is 4.40. The maximum Gasteiger partial charge on any atom is 0.220 e. The quantitative estimate of drug-likeness (QED) is 0.650. The average molecular weight is 406 g/mol. The van der Waals surface area contributed by atoms with E-state index >= 15 is 0 Å². The SMILES string of the molecule is Cc1cccc(N2CCC(NC(=O)CCCn3nnc(-c4ccccc4)n3)CC2)n1. The Hall–Kier alpha value is -3.29. The number of hydrogen-bond donors (Lipinski definition) is 1. The van der Waals surface area contributed by atoms with E-state index in [0.717, 1.165) is 43.0 Å². The molecule has 4 rings (SSSR count). The van der Waals surface area contributed by atoms with Gasteiger partial charge in [-0.1, -0.05) is 36.4 Å². The standard InChI is InChI=1S/C22H27N7O/c1-17-7-5-10-20(23-17)28-15-12-19(13-16-28)24-21(30)11-6-14-29-26-22(25-27-29)18-8-3-2-4-9-18/h2-5,7-10,19H,6,11-16H2,1H3,(H,24,30). The highest BCUT2D eigenvalue weighted by molar-refractivity contribution is 5.76. The fourth-order valence-electron chi connectivity index (χ4n) is 3.68. The van der Waals surface area contributed by atoms with Gasteiger partial charge in [-0.2, -0.15) is 4.80 Å². The number of aromatic nitrogens is 5. The molecule has 0 bridgehead atoms. The van der Waals surface area contributed by atoms with E-state index in [1.54, 1.807) is 4.80 Å². The summed E-state index contributed by atoms with van der Waals surface area (Å²) in [5.74, 6) is 1.72. The van der Waals surface area contributed by atoms with E-state index < -0.39 is 0 Å². The van der Waals surface area contributed by atoms with E-state index in [2.05, 4.69) is 30.6 Å². The first-order valence-electron chi connectivity index (χ1n) is 10.5. The van der Waals surface area contributed by atoms with Crippen molar-refractivity contribution in [3.8, 4) is 11.4 Å². The Morgan fingerprint density at radius 2 is 1.90 bits per heavy atom. The van der Waals surface area contributed by atoms with Crippen molar-refractivity contribution in [3.05, 3.63) is 54.2 Å². The van der Waals surface area contributed by atoms with Gasteiger partial charge in [0.05, 0.1) is 6.54 Å². The predicted octanol–water partition coefficient (Wildman–Crippen LogP) is 2.61. The molecule has 1 fully saturated rings. The molecular weight excluding hydrogens is 378 g/mol. The molecule has 0 radical (unpaired) electrons. The zero-order valence-corrected chi connectivity index (χ0v) is 17.2. The third-order valence-corrected chi connectivity index (χ3v) is 5.30. The molecule has 156 valence electrons. The van der Waals surface area contributed by atoms with Crippen LogP contribution in [0.25, 0.3) is 11.4 Å². The lowest BCUT2D eigenvalue weighted by Gasteiger charge is -2.33. The second kappa shape index (κ2) is 9.47. The Labute approximate surface area is 176 Å². The lowest BCUT2D eigenvalue weighted by Crippen LogP contribution is -2.45. The zero-order chi connectivity index (χ0) is 20.8. The highest BCUT2D eigenvalue weighted by Crippen LogP contribution is 2.18. The number of anilines is 1. The molecule has 1 saturated heterocycles. The van der Waals surface area contributed by atoms with Crippen LogP contribution < -0.4 is 10.2 Å². The molecule has 30 heavy (non-hydrogen) atoms. The number of amides is 1. The Morgan fingerprint density at radius 3 is 2.67 bits per heavy atom. The van der Waals surface area contributed by atoms with Crippen molar-refractivity contribution >= 4 is 11.7 Å². The third-order valence-electron chi connectivity index (χ3n) is 5.30. The number of nitrogens with one attached hydrogen (secondary N) is 1. The fourth-order valence-corrected chi connectivity index (χ4v) is 3.68. The van der Waals surface area contributed by atoms with Crippen molar-refractivity contribution in [2.75, 3.05) is 18.0 Å². The van der Waals surface area contributed by atoms with Crippen molar-refractivity contribution < 1.29 is 4.79 Å². The van der Waals surface area contributed by atoms with Crippen LogP contribution in [0.4, 0.5) is 5.82 Å². The van der Waals surface area contributed by atoms with Gasteiger partial charge in [-0.3, -0.25) is 4.79 Å². The highest BCUT2D eigenvalue weighted by Gasteiger charge is 2.21. The lowest BCUT2D eigenvalue weighted by atomic mass is 10.0. The van der Waals surface area contributed by atoms with Crippen LogP contribution >= 0.6 is 0 Å². The van der Waals surface area contributed by atoms with Gasteiger partial charge >= 0.3 is 0 Å². The maximum atomic E-state index is 12.3. The van der Waals surface area contributed by atoms with Gasteiger partial charge in [-0.25, -0.2) is 4.98 Å². The monoisotopic (exact) mass is 405 g/mol. The molecule has 0 atom stereocenters. The molecule has 0 aliphatic carbocycles. The number of pyridine rings is 1. The van der Waals surface area contributed by atoms with Gasteiger partial charge in [0.2, 0.25) is 11.7 Å². The summed E-state index contributed by atoms with van der Waals surface area (Å²) in [5, 5.41) is 15.7. The van der Waals surface area contributed by atoms with E-state index in [1.165, 1.54) is 0 Å². The van der Waals surface area contributed by atoms with Crippen LogP contribution in [0.2, 0.25) is 0 Å². The summed E-state index contributed by atoms with van der Waals surface area (Å²) < 4.78 is 0. The Balaban J connectivity index is 1.18. The van der Waals surface area contributed by atoms with Gasteiger partial charge < -0.3 is 10.2 Å². The minimum absolute atomic E-state index is 0.0885. The van der Waals surface area contributed by atoms with Crippen molar-refractivity contribution in [1.29, 1.82) is 0 Å². The minimum atomic E-state index is 0.0885. The molecule has 1 aliphatic rings. The minimum Gasteiger partial charge on any atom is -0.356 e. The number of nitrogens with zero attached hydrogens (tertiary/aromatic N) is 6. The molecule has 1 N–H and O–H groups in total. The smallest absolute Gasteiger partial charge is 0.220 e. The Kier molecular flexibility index (Phi) is 6.32. The van der Waals surface area contributed by atoms with Gasteiger partial charge in [0.1, 0.15) is 5.82 Å². The van der Waals surface area contributed by atoms with E-state index in [0.29, 0.717) is 25.2 Å². The van der Waals surface area contributed by atoms with Crippen molar-refractivity contribution in [1.82, 2.24) is 30.5 Å². The number of hydrogen-bond acceptors (Lipinski definition) is 6. The molecule has 8 heteroatoms. The van der Waals surface area contributed by atoms with Gasteiger partial charge in [-0.05, 0) is 43.5 Å². The molecule has 8 nitrogen and oxygen atoms in total. The van der Waals surface area contributed by atoms with Gasteiger partial charge in [0, 0.05) is 36.8 Å². The first-order chi connectivity index (χ1) is 14.7. The van der Waals surface area contributed by atoms with Crippen LogP contribution in [-0.4, -0.2) is 50.2 Å². The first-order valence-corrected chi connectivity index (χ1v) is 10.5. The summed E-state index contributed by atoms with van der Waals surface area (Å²) in [4.78, 5) is 20.8. The van der Waals surface area contributed by atoms with Crippen LogP contribution in [0.15, 0.2) is 48.5 Å². The molecule has 1 aromatic carbocycles. The van der Waals surface area contributed by atoms with E-state index in [9.17, 15) is 4.79 Å². The average Bonchev–Trinajstić information content (AvgIpc) is 3.24. The number of carbonyl (C=O) groups is 1. The topological polar surface area (TPSA) is 88.8 Å². The molecule has 1 amide bonds. The summed E-state index contributed by atoms with van der Waals surface area (Å²) >= 11 is 0. The van der Waals surface area contributed by atoms with E-state index in [1.807, 2.05) is 55.5 Å². The van der Waals surface area contributed by atoms with E-state index in [-0.39, 0.29) is 11.9 Å². The largest absolute Gasteiger partial charge is 0.356 e. The number of rotatable bonds is 7. The van der Waals surface area contributed by atoms with Crippen LogP contribution in [0.3, 0.4) is 0 Å². The number of benzene rings is 1. The molecule has 0 spiro atoms. The highest BCUT2D eigenvalue weighted by atomic mass is 16.1. The molecule has 1 aliphatic heterocycles. The van der Waals surface area contributed by atoms with Crippen LogP contribution in [0.1, 0.15) is 31.4 Å². The normalized spacial score (nSPS) is 14.6. The predicted molar refractivity (Wildman–Crippen MR) is 115 cm³/mol. The first kappa shape index (κ1) is 20.0. The number of piperidine rings is 1. The Bertz CT molecular complexity index is 964. The maximum absolute atomic E-state index is 12.3. The second-order valence-corrected chi connectivity index (χ2v) is 7.64. The van der Waals surface area contributed by atoms with Crippen LogP contribution in [0, 0.1) is 6.92 Å². The summed E-state index contributed by atoms with van der Waals surface area (Å²) in [6, 6.07) is 16.1. The molecule has 0 saturated carbocycles. The second-order valence-electron chi connectivity index (χ2n) is 7.64.